The van der Waals surface area contributed by atoms with Crippen molar-refractivity contribution in [3.63, 3.8) is 0 Å². The highest BCUT2D eigenvalue weighted by atomic mass is 35.5. The maximum absolute atomic E-state index is 13.2. The first-order valence-corrected chi connectivity index (χ1v) is 14.7. The Morgan fingerprint density at radius 2 is 1.63 bits per heavy atom. The number of nitrogens with zero attached hydrogens (tertiary/aromatic N) is 1. The van der Waals surface area contributed by atoms with Gasteiger partial charge in [0.25, 0.3) is 5.91 Å². The summed E-state index contributed by atoms with van der Waals surface area (Å²) in [6.45, 7) is 7.15. The minimum Gasteiger partial charge on any atom is -0.495 e. The van der Waals surface area contributed by atoms with E-state index in [1.54, 1.807) is 25.1 Å². The van der Waals surface area contributed by atoms with Gasteiger partial charge in [-0.15, -0.1) is 0 Å². The lowest BCUT2D eigenvalue weighted by Crippen LogP contribution is -2.55. The van der Waals surface area contributed by atoms with Crippen LogP contribution in [0.5, 0.6) is 11.5 Å². The van der Waals surface area contributed by atoms with E-state index in [0.29, 0.717) is 29.4 Å². The monoisotopic (exact) mass is 617 g/mol. The highest BCUT2D eigenvalue weighted by Crippen LogP contribution is 2.28. The number of urea groups is 1. The van der Waals surface area contributed by atoms with Crippen LogP contribution in [0, 0.1) is 5.92 Å². The number of benzene rings is 2. The fourth-order valence-corrected chi connectivity index (χ4v) is 4.38. The molecule has 0 saturated carbocycles. The topological polar surface area (TPSA) is 138 Å². The first kappa shape index (κ1) is 35.4. The number of Topliss-reactive ketones (excluding diaryl/α,β-unsaturated/α-hetero) is 1. The standard InChI is InChI=1S/C31H44ClN5O6/c1-7-25(27(38)30(40)33-19-22-9-8-10-24(32)28(22)42-6)35-29(39)26(17-20(2)3)36-31(41)34-18-21-11-13-23(14-12-21)43-16-15-37(4)5/h8-14,20,25-26H,7,15-19H2,1-6H3,(H,33,40)(H,35,39)(H2,34,36,41)/t25?,26-/m0/s1. The molecule has 0 aliphatic rings. The summed E-state index contributed by atoms with van der Waals surface area (Å²) in [7, 11) is 5.41. The van der Waals surface area contributed by atoms with Gasteiger partial charge in [-0.2, -0.15) is 0 Å². The van der Waals surface area contributed by atoms with Crippen LogP contribution in [-0.4, -0.2) is 75.0 Å². The summed E-state index contributed by atoms with van der Waals surface area (Å²) >= 11 is 6.13. The van der Waals surface area contributed by atoms with Crippen molar-refractivity contribution in [1.82, 2.24) is 26.2 Å². The molecule has 0 spiro atoms. The lowest BCUT2D eigenvalue weighted by molar-refractivity contribution is -0.140. The molecule has 0 fully saturated rings. The molecule has 236 valence electrons. The Balaban J connectivity index is 1.93. The second-order valence-corrected chi connectivity index (χ2v) is 11.2. The van der Waals surface area contributed by atoms with Crippen LogP contribution in [0.2, 0.25) is 5.02 Å². The van der Waals surface area contributed by atoms with Gasteiger partial charge in [0.1, 0.15) is 24.1 Å². The summed E-state index contributed by atoms with van der Waals surface area (Å²) in [5.41, 5.74) is 1.46. The number of ether oxygens (including phenoxy) is 2. The minimum atomic E-state index is -1.06. The number of para-hydroxylation sites is 1. The van der Waals surface area contributed by atoms with E-state index in [4.69, 9.17) is 21.1 Å². The Kier molecular flexibility index (Phi) is 14.8. The van der Waals surface area contributed by atoms with Crippen molar-refractivity contribution in [2.24, 2.45) is 5.92 Å². The molecule has 4 amide bonds. The maximum atomic E-state index is 13.2. The van der Waals surface area contributed by atoms with Crippen molar-refractivity contribution < 1.29 is 28.7 Å². The first-order valence-electron chi connectivity index (χ1n) is 14.3. The molecule has 0 saturated heterocycles. The molecule has 2 rings (SSSR count). The smallest absolute Gasteiger partial charge is 0.315 e. The van der Waals surface area contributed by atoms with Crippen LogP contribution in [0.15, 0.2) is 42.5 Å². The molecule has 2 aromatic rings. The molecule has 0 bridgehead atoms. The van der Waals surface area contributed by atoms with Gasteiger partial charge in [-0.25, -0.2) is 4.79 Å². The van der Waals surface area contributed by atoms with Gasteiger partial charge in [0.15, 0.2) is 0 Å². The summed E-state index contributed by atoms with van der Waals surface area (Å²) in [5.74, 6) is -0.982. The number of carbonyl (C=O) groups is 4. The van der Waals surface area contributed by atoms with E-state index in [0.717, 1.165) is 17.9 Å². The maximum Gasteiger partial charge on any atom is 0.315 e. The molecule has 0 aliphatic heterocycles. The Bertz CT molecular complexity index is 1220. The zero-order valence-electron chi connectivity index (χ0n) is 25.8. The summed E-state index contributed by atoms with van der Waals surface area (Å²) in [5, 5.41) is 11.0. The second kappa shape index (κ2) is 18.0. The van der Waals surface area contributed by atoms with E-state index in [1.165, 1.54) is 7.11 Å². The largest absolute Gasteiger partial charge is 0.495 e. The van der Waals surface area contributed by atoms with Crippen LogP contribution in [0.1, 0.15) is 44.7 Å². The van der Waals surface area contributed by atoms with Gasteiger partial charge in [0.2, 0.25) is 11.7 Å². The molecule has 12 heteroatoms. The number of nitrogens with one attached hydrogen (secondary N) is 4. The van der Waals surface area contributed by atoms with E-state index >= 15 is 0 Å². The molecular formula is C31H44ClN5O6. The minimum absolute atomic E-state index is 0.0165. The van der Waals surface area contributed by atoms with Crippen molar-refractivity contribution in [2.45, 2.75) is 58.8 Å². The van der Waals surface area contributed by atoms with Crippen molar-refractivity contribution in [1.29, 1.82) is 0 Å². The van der Waals surface area contributed by atoms with Crippen LogP contribution in [0.25, 0.3) is 0 Å². The molecule has 2 aromatic carbocycles. The average molecular weight is 618 g/mol. The fraction of sp³-hybridized carbons (Fsp3) is 0.484. The van der Waals surface area contributed by atoms with E-state index in [-0.39, 0.29) is 25.4 Å². The molecule has 11 nitrogen and oxygen atoms in total. The Hall–Kier alpha value is -3.83. The molecule has 0 radical (unpaired) electrons. The third kappa shape index (κ3) is 12.1. The Morgan fingerprint density at radius 3 is 2.23 bits per heavy atom. The molecule has 1 unspecified atom stereocenters. The number of hydrogen-bond acceptors (Lipinski definition) is 7. The van der Waals surface area contributed by atoms with E-state index in [2.05, 4.69) is 21.3 Å². The molecule has 0 heterocycles. The first-order chi connectivity index (χ1) is 20.4. The number of methoxy groups -OCH3 is 1. The quantitative estimate of drug-likeness (QED) is 0.200. The molecule has 0 aliphatic carbocycles. The number of halogens is 1. The highest BCUT2D eigenvalue weighted by molar-refractivity contribution is 6.38. The number of likely N-dealkylation sites (N-methyl/N-ethyl adjacent to an activating group) is 1. The highest BCUT2D eigenvalue weighted by Gasteiger charge is 2.29. The van der Waals surface area contributed by atoms with Gasteiger partial charge in [-0.3, -0.25) is 14.4 Å². The summed E-state index contributed by atoms with van der Waals surface area (Å²) < 4.78 is 11.0. The third-order valence-corrected chi connectivity index (χ3v) is 6.77. The van der Waals surface area contributed by atoms with Crippen LogP contribution in [0.4, 0.5) is 4.79 Å². The number of ketones is 1. The van der Waals surface area contributed by atoms with Crippen molar-refractivity contribution in [3.05, 3.63) is 58.6 Å². The van der Waals surface area contributed by atoms with Crippen LogP contribution >= 0.6 is 11.6 Å². The SMILES string of the molecule is CCC(NC(=O)[C@H](CC(C)C)NC(=O)NCc1ccc(OCCN(C)C)cc1)C(=O)C(=O)NCc1cccc(Cl)c1OC. The predicted molar refractivity (Wildman–Crippen MR) is 166 cm³/mol. The molecule has 2 atom stereocenters. The Morgan fingerprint density at radius 1 is 0.930 bits per heavy atom. The Labute approximate surface area is 259 Å². The van der Waals surface area contributed by atoms with Crippen LogP contribution < -0.4 is 30.7 Å². The van der Waals surface area contributed by atoms with Gasteiger partial charge in [0.05, 0.1) is 18.2 Å². The molecule has 0 aromatic heterocycles. The van der Waals surface area contributed by atoms with Crippen LogP contribution in [0.3, 0.4) is 0 Å². The van der Waals surface area contributed by atoms with Gasteiger partial charge in [0, 0.05) is 25.2 Å². The summed E-state index contributed by atoms with van der Waals surface area (Å²) in [6.07, 6.45) is 0.525. The molecule has 43 heavy (non-hydrogen) atoms. The van der Waals surface area contributed by atoms with E-state index in [9.17, 15) is 19.2 Å². The normalized spacial score (nSPS) is 12.3. The summed E-state index contributed by atoms with van der Waals surface area (Å²) in [6, 6.07) is 9.97. The molecular weight excluding hydrogens is 574 g/mol. The zero-order chi connectivity index (χ0) is 31.9. The van der Waals surface area contributed by atoms with E-state index < -0.39 is 35.7 Å². The number of rotatable bonds is 17. The zero-order valence-corrected chi connectivity index (χ0v) is 26.5. The third-order valence-electron chi connectivity index (χ3n) is 6.47. The number of carbonyl (C=O) groups excluding carboxylic acids is 4. The molecule has 4 N–H and O–H groups in total. The predicted octanol–water partition coefficient (Wildman–Crippen LogP) is 3.28. The van der Waals surface area contributed by atoms with Crippen molar-refractivity contribution in [2.75, 3.05) is 34.4 Å². The summed E-state index contributed by atoms with van der Waals surface area (Å²) in [4.78, 5) is 53.4. The fourth-order valence-electron chi connectivity index (χ4n) is 4.11. The van der Waals surface area contributed by atoms with Crippen molar-refractivity contribution >= 4 is 35.2 Å². The second-order valence-electron chi connectivity index (χ2n) is 10.8. The number of hydrogen-bond donors (Lipinski definition) is 4. The van der Waals surface area contributed by atoms with Crippen molar-refractivity contribution in [3.8, 4) is 11.5 Å². The van der Waals surface area contributed by atoms with Gasteiger partial charge in [-0.05, 0) is 56.6 Å². The van der Waals surface area contributed by atoms with Crippen LogP contribution in [-0.2, 0) is 27.5 Å². The number of amides is 4. The lowest BCUT2D eigenvalue weighted by Gasteiger charge is -2.23. The van der Waals surface area contributed by atoms with Gasteiger partial charge >= 0.3 is 6.03 Å². The van der Waals surface area contributed by atoms with Gasteiger partial charge in [-0.1, -0.05) is 56.6 Å². The van der Waals surface area contributed by atoms with E-state index in [1.807, 2.05) is 57.1 Å². The lowest BCUT2D eigenvalue weighted by atomic mass is 10.0. The van der Waals surface area contributed by atoms with Gasteiger partial charge < -0.3 is 35.6 Å². The average Bonchev–Trinajstić information content (AvgIpc) is 2.97.